The highest BCUT2D eigenvalue weighted by molar-refractivity contribution is 9.10. The highest BCUT2D eigenvalue weighted by atomic mass is 79.9. The molecule has 1 aliphatic carbocycles. The molecule has 0 radical (unpaired) electrons. The Hall–Kier alpha value is -0.340. The highest BCUT2D eigenvalue weighted by Crippen LogP contribution is 2.54. The van der Waals surface area contributed by atoms with Crippen molar-refractivity contribution in [1.29, 1.82) is 0 Å². The summed E-state index contributed by atoms with van der Waals surface area (Å²) in [4.78, 5) is 0. The summed E-state index contributed by atoms with van der Waals surface area (Å²) in [6.07, 6.45) is 3.21. The average Bonchev–Trinajstić information content (AvgIpc) is 2.84. The summed E-state index contributed by atoms with van der Waals surface area (Å²) in [5.41, 5.74) is 1.75. The molecule has 2 rings (SSSR count). The fraction of sp³-hybridized carbons (Fsp3) is 0.538. The van der Waals surface area contributed by atoms with Gasteiger partial charge in [0.2, 0.25) is 0 Å². The summed E-state index contributed by atoms with van der Waals surface area (Å²) in [6, 6.07) is 6.18. The van der Waals surface area contributed by atoms with Crippen LogP contribution < -0.4 is 0 Å². The normalized spacial score (nSPS) is 29.2. The monoisotopic (exact) mass is 268 g/mol. The van der Waals surface area contributed by atoms with Gasteiger partial charge in [-0.1, -0.05) is 41.4 Å². The molecule has 15 heavy (non-hydrogen) atoms. The van der Waals surface area contributed by atoms with Crippen LogP contribution in [0.4, 0.5) is 0 Å². The fourth-order valence-electron chi connectivity index (χ4n) is 2.22. The maximum absolute atomic E-state index is 10.4. The van der Waals surface area contributed by atoms with Gasteiger partial charge >= 0.3 is 0 Å². The van der Waals surface area contributed by atoms with Crippen molar-refractivity contribution < 1.29 is 5.11 Å². The van der Waals surface area contributed by atoms with Gasteiger partial charge in [-0.15, -0.1) is 0 Å². The van der Waals surface area contributed by atoms with E-state index in [0.29, 0.717) is 5.92 Å². The summed E-state index contributed by atoms with van der Waals surface area (Å²) in [6.45, 7) is 4.23. The predicted octanol–water partition coefficient (Wildman–Crippen LogP) is 3.77. The van der Waals surface area contributed by atoms with Crippen molar-refractivity contribution in [2.75, 3.05) is 0 Å². The molecule has 0 saturated heterocycles. The van der Waals surface area contributed by atoms with Crippen LogP contribution in [-0.4, -0.2) is 5.11 Å². The molecule has 82 valence electrons. The summed E-state index contributed by atoms with van der Waals surface area (Å²) >= 11 is 3.51. The molecule has 0 amide bonds. The minimum absolute atomic E-state index is 0.470. The molecule has 2 unspecified atom stereocenters. The second-order valence-corrected chi connectivity index (χ2v) is 5.43. The van der Waals surface area contributed by atoms with E-state index in [1.165, 1.54) is 5.56 Å². The standard InChI is InChI=1S/C13H17BrO/c1-3-4-11-8-13(11,15)10-6-5-9(2)12(14)7-10/h5-7,11,15H,3-4,8H2,1-2H3. The Morgan fingerprint density at radius 2 is 2.27 bits per heavy atom. The average molecular weight is 269 g/mol. The lowest BCUT2D eigenvalue weighted by Gasteiger charge is -2.12. The molecule has 1 aromatic rings. The SMILES string of the molecule is CCCC1CC1(O)c1ccc(C)c(Br)c1. The second-order valence-electron chi connectivity index (χ2n) is 4.58. The van der Waals surface area contributed by atoms with Crippen LogP contribution >= 0.6 is 15.9 Å². The Bertz CT molecular complexity index is 375. The molecule has 0 aliphatic heterocycles. The maximum Gasteiger partial charge on any atom is 0.0929 e. The minimum atomic E-state index is -0.535. The van der Waals surface area contributed by atoms with Crippen molar-refractivity contribution in [2.24, 2.45) is 5.92 Å². The first-order chi connectivity index (χ1) is 7.08. The molecular weight excluding hydrogens is 252 g/mol. The largest absolute Gasteiger partial charge is 0.385 e. The molecule has 0 spiro atoms. The van der Waals surface area contributed by atoms with E-state index in [0.717, 1.165) is 29.3 Å². The van der Waals surface area contributed by atoms with Crippen LogP contribution in [0.2, 0.25) is 0 Å². The summed E-state index contributed by atoms with van der Waals surface area (Å²) < 4.78 is 1.09. The number of hydrogen-bond donors (Lipinski definition) is 1. The van der Waals surface area contributed by atoms with Gasteiger partial charge in [0.05, 0.1) is 5.60 Å². The van der Waals surface area contributed by atoms with Crippen LogP contribution in [0.3, 0.4) is 0 Å². The van der Waals surface area contributed by atoms with E-state index in [-0.39, 0.29) is 0 Å². The Balaban J connectivity index is 2.21. The molecule has 0 aromatic heterocycles. The molecule has 0 bridgehead atoms. The molecule has 1 N–H and O–H groups in total. The van der Waals surface area contributed by atoms with Gasteiger partial charge in [0.1, 0.15) is 0 Å². The number of rotatable bonds is 3. The molecule has 2 heteroatoms. The Morgan fingerprint density at radius 1 is 1.53 bits per heavy atom. The maximum atomic E-state index is 10.4. The number of hydrogen-bond acceptors (Lipinski definition) is 1. The Labute approximate surface area is 99.6 Å². The highest BCUT2D eigenvalue weighted by Gasteiger charge is 2.53. The summed E-state index contributed by atoms with van der Waals surface area (Å²) in [5.74, 6) is 0.470. The van der Waals surface area contributed by atoms with Crippen LogP contribution in [0.25, 0.3) is 0 Å². The smallest absolute Gasteiger partial charge is 0.0929 e. The second kappa shape index (κ2) is 3.91. The third-order valence-corrected chi connectivity index (χ3v) is 4.24. The first-order valence-electron chi connectivity index (χ1n) is 5.57. The van der Waals surface area contributed by atoms with Crippen LogP contribution in [0.15, 0.2) is 22.7 Å². The molecule has 1 nitrogen and oxygen atoms in total. The zero-order valence-corrected chi connectivity index (χ0v) is 10.8. The fourth-order valence-corrected chi connectivity index (χ4v) is 2.60. The van der Waals surface area contributed by atoms with E-state index >= 15 is 0 Å². The van der Waals surface area contributed by atoms with Crippen LogP contribution in [-0.2, 0) is 5.60 Å². The van der Waals surface area contributed by atoms with E-state index < -0.39 is 5.60 Å². The molecule has 1 fully saturated rings. The number of aliphatic hydroxyl groups is 1. The molecule has 2 atom stereocenters. The van der Waals surface area contributed by atoms with Crippen LogP contribution in [0.5, 0.6) is 0 Å². The number of aryl methyl sites for hydroxylation is 1. The molecule has 0 heterocycles. The van der Waals surface area contributed by atoms with Crippen LogP contribution in [0.1, 0.15) is 37.3 Å². The van der Waals surface area contributed by atoms with Gasteiger partial charge in [-0.2, -0.15) is 0 Å². The topological polar surface area (TPSA) is 20.2 Å². The van der Waals surface area contributed by atoms with Crippen LogP contribution in [0, 0.1) is 12.8 Å². The lowest BCUT2D eigenvalue weighted by molar-refractivity contribution is 0.129. The van der Waals surface area contributed by atoms with Gasteiger partial charge in [0, 0.05) is 4.47 Å². The van der Waals surface area contributed by atoms with Crippen molar-refractivity contribution in [3.05, 3.63) is 33.8 Å². The van der Waals surface area contributed by atoms with Crippen molar-refractivity contribution in [1.82, 2.24) is 0 Å². The molecular formula is C13H17BrO. The van der Waals surface area contributed by atoms with Gasteiger partial charge in [0.25, 0.3) is 0 Å². The zero-order chi connectivity index (χ0) is 11.1. The molecule has 1 aromatic carbocycles. The van der Waals surface area contributed by atoms with Crippen molar-refractivity contribution >= 4 is 15.9 Å². The number of halogens is 1. The van der Waals surface area contributed by atoms with Crippen molar-refractivity contribution in [3.8, 4) is 0 Å². The van der Waals surface area contributed by atoms with Gasteiger partial charge in [-0.3, -0.25) is 0 Å². The molecule has 1 aliphatic rings. The quantitative estimate of drug-likeness (QED) is 0.885. The Morgan fingerprint density at radius 3 is 2.87 bits per heavy atom. The van der Waals surface area contributed by atoms with E-state index in [1.54, 1.807) is 0 Å². The molecule has 1 saturated carbocycles. The minimum Gasteiger partial charge on any atom is -0.385 e. The summed E-state index contributed by atoms with van der Waals surface area (Å²) in [5, 5.41) is 10.4. The first-order valence-corrected chi connectivity index (χ1v) is 6.36. The lowest BCUT2D eigenvalue weighted by atomic mass is 10.0. The van der Waals surface area contributed by atoms with Gasteiger partial charge in [-0.25, -0.2) is 0 Å². The van der Waals surface area contributed by atoms with Crippen molar-refractivity contribution in [3.63, 3.8) is 0 Å². The van der Waals surface area contributed by atoms with Gasteiger partial charge < -0.3 is 5.11 Å². The van der Waals surface area contributed by atoms with Gasteiger partial charge in [0.15, 0.2) is 0 Å². The summed E-state index contributed by atoms with van der Waals surface area (Å²) in [7, 11) is 0. The first kappa shape index (κ1) is 11.2. The van der Waals surface area contributed by atoms with E-state index in [4.69, 9.17) is 0 Å². The predicted molar refractivity (Wildman–Crippen MR) is 65.8 cm³/mol. The number of benzene rings is 1. The van der Waals surface area contributed by atoms with Gasteiger partial charge in [-0.05, 0) is 42.9 Å². The van der Waals surface area contributed by atoms with Crippen molar-refractivity contribution in [2.45, 2.75) is 38.7 Å². The third kappa shape index (κ3) is 1.98. The van der Waals surface area contributed by atoms with E-state index in [9.17, 15) is 5.11 Å². The Kier molecular flexibility index (Phi) is 2.91. The third-order valence-electron chi connectivity index (χ3n) is 3.38. The van der Waals surface area contributed by atoms with E-state index in [1.807, 2.05) is 0 Å². The lowest BCUT2D eigenvalue weighted by Crippen LogP contribution is -2.08. The van der Waals surface area contributed by atoms with E-state index in [2.05, 4.69) is 48.0 Å². The zero-order valence-electron chi connectivity index (χ0n) is 9.26.